The Labute approximate surface area is 312 Å². The van der Waals surface area contributed by atoms with Gasteiger partial charge in [-0.3, -0.25) is 9.59 Å². The minimum Gasteiger partial charge on any atom is -0.508 e. The number of phenolic OH excluding ortho intramolecular Hbond substituents is 2. The molecule has 6 aliphatic rings. The first-order valence-corrected chi connectivity index (χ1v) is 19.6. The highest BCUT2D eigenvalue weighted by molar-refractivity contribution is 5.78. The highest BCUT2D eigenvalue weighted by Crippen LogP contribution is 2.67. The second-order valence-corrected chi connectivity index (χ2v) is 18.2. The highest BCUT2D eigenvalue weighted by Gasteiger charge is 2.63. The molecule has 4 fully saturated rings. The molecule has 0 aliphatic heterocycles. The van der Waals surface area contributed by atoms with Crippen molar-refractivity contribution in [2.24, 2.45) is 34.5 Å². The molecular weight excluding hydrogens is 668 g/mol. The number of fused-ring (bicyclic) bond motifs is 10. The molecule has 10 atom stereocenters. The van der Waals surface area contributed by atoms with E-state index in [1.54, 1.807) is 24.3 Å². The van der Waals surface area contributed by atoms with E-state index in [4.69, 9.17) is 12.8 Å². The molecule has 8 nitrogen and oxygen atoms in total. The van der Waals surface area contributed by atoms with Gasteiger partial charge in [-0.1, -0.05) is 25.7 Å². The van der Waals surface area contributed by atoms with Crippen LogP contribution in [0.15, 0.2) is 24.3 Å². The van der Waals surface area contributed by atoms with E-state index in [1.165, 1.54) is 0 Å². The molecule has 2 aromatic carbocycles. The maximum atomic E-state index is 13.2. The molecule has 53 heavy (non-hydrogen) atoms. The molecule has 2 unspecified atom stereocenters. The van der Waals surface area contributed by atoms with E-state index in [9.17, 15) is 40.2 Å². The lowest BCUT2D eigenvalue weighted by Crippen LogP contribution is -2.51. The van der Waals surface area contributed by atoms with E-state index in [-0.39, 0.29) is 47.0 Å². The normalized spacial score (nSPS) is 38.2. The fraction of sp³-hybridized carbons (Fsp3) is 0.600. The van der Waals surface area contributed by atoms with Gasteiger partial charge in [0.2, 0.25) is 0 Å². The van der Waals surface area contributed by atoms with E-state index >= 15 is 0 Å². The average molecular weight is 721 g/mol. The third-order valence-corrected chi connectivity index (χ3v) is 16.3. The zero-order valence-corrected chi connectivity index (χ0v) is 30.8. The number of phenols is 2. The van der Waals surface area contributed by atoms with Gasteiger partial charge in [0.05, 0.1) is 12.8 Å². The van der Waals surface area contributed by atoms with E-state index in [0.29, 0.717) is 62.5 Å². The van der Waals surface area contributed by atoms with Crippen molar-refractivity contribution >= 4 is 11.9 Å². The lowest BCUT2D eigenvalue weighted by molar-refractivity contribution is -0.140. The maximum Gasteiger partial charge on any atom is 0.304 e. The number of aryl methyl sites for hydroxylation is 2. The number of aromatic hydroxyl groups is 2. The van der Waals surface area contributed by atoms with Gasteiger partial charge >= 0.3 is 11.9 Å². The first-order chi connectivity index (χ1) is 25.0. The molecule has 4 saturated carbocycles. The predicted molar refractivity (Wildman–Crippen MR) is 198 cm³/mol. The average Bonchev–Trinajstić information content (AvgIpc) is 3.55. The van der Waals surface area contributed by atoms with Crippen LogP contribution in [0.3, 0.4) is 0 Å². The molecule has 6 aliphatic carbocycles. The Morgan fingerprint density at radius 3 is 1.43 bits per heavy atom. The molecule has 0 bridgehead atoms. The van der Waals surface area contributed by atoms with E-state index in [2.05, 4.69) is 25.7 Å². The van der Waals surface area contributed by atoms with E-state index in [1.807, 2.05) is 0 Å². The van der Waals surface area contributed by atoms with Crippen molar-refractivity contribution in [1.82, 2.24) is 0 Å². The van der Waals surface area contributed by atoms with Crippen LogP contribution >= 0.6 is 0 Å². The third kappa shape index (κ3) is 4.90. The van der Waals surface area contributed by atoms with E-state index < -0.39 is 52.2 Å². The van der Waals surface area contributed by atoms with Crippen LogP contribution in [0, 0.1) is 59.2 Å². The quantitative estimate of drug-likeness (QED) is 0.179. The lowest BCUT2D eigenvalue weighted by atomic mass is 9.50. The van der Waals surface area contributed by atoms with Crippen molar-refractivity contribution in [3.63, 3.8) is 0 Å². The van der Waals surface area contributed by atoms with Crippen LogP contribution in [0.5, 0.6) is 11.5 Å². The fourth-order valence-corrected chi connectivity index (χ4v) is 13.8. The van der Waals surface area contributed by atoms with Crippen LogP contribution in [0.1, 0.15) is 136 Å². The summed E-state index contributed by atoms with van der Waals surface area (Å²) in [4.78, 5) is 26.4. The number of carboxylic acid groups (broad SMARTS) is 2. The number of rotatable bonds is 6. The molecule has 0 heterocycles. The van der Waals surface area contributed by atoms with Gasteiger partial charge in [-0.2, -0.15) is 0 Å². The zero-order chi connectivity index (χ0) is 37.9. The van der Waals surface area contributed by atoms with Gasteiger partial charge in [-0.25, -0.2) is 0 Å². The number of aliphatic carboxylic acids is 2. The number of hydrogen-bond donors (Lipinski definition) is 6. The number of terminal acetylenes is 2. The lowest BCUT2D eigenvalue weighted by Gasteiger charge is -2.54. The van der Waals surface area contributed by atoms with Crippen LogP contribution in [0.4, 0.5) is 0 Å². The Hall–Kier alpha value is -3.98. The van der Waals surface area contributed by atoms with Crippen molar-refractivity contribution < 1.29 is 40.2 Å². The maximum absolute atomic E-state index is 13.2. The highest BCUT2D eigenvalue weighted by atomic mass is 16.4. The Balaban J connectivity index is 1.34. The Kier molecular flexibility index (Phi) is 8.16. The van der Waals surface area contributed by atoms with Crippen LogP contribution in [-0.2, 0) is 27.8 Å². The molecule has 8 heteroatoms. The molecule has 0 radical (unpaired) electrons. The van der Waals surface area contributed by atoms with Crippen molar-refractivity contribution in [2.75, 3.05) is 0 Å². The van der Waals surface area contributed by atoms with Crippen molar-refractivity contribution in [1.29, 1.82) is 0 Å². The molecule has 0 spiro atoms. The molecule has 2 aromatic rings. The Morgan fingerprint density at radius 1 is 0.679 bits per heavy atom. The van der Waals surface area contributed by atoms with Crippen LogP contribution in [0.25, 0.3) is 0 Å². The van der Waals surface area contributed by atoms with Gasteiger partial charge in [0.1, 0.15) is 22.7 Å². The van der Waals surface area contributed by atoms with Gasteiger partial charge in [0.15, 0.2) is 0 Å². The van der Waals surface area contributed by atoms with Crippen molar-refractivity contribution in [3.05, 3.63) is 57.6 Å². The first-order valence-electron chi connectivity index (χ1n) is 19.6. The molecular formula is C45H52O8. The number of carbonyl (C=O) groups is 2. The van der Waals surface area contributed by atoms with E-state index in [0.717, 1.165) is 47.9 Å². The summed E-state index contributed by atoms with van der Waals surface area (Å²) in [6.07, 6.45) is 19.0. The van der Waals surface area contributed by atoms with Crippen LogP contribution < -0.4 is 0 Å². The molecule has 6 N–H and O–H groups in total. The molecule has 0 saturated heterocycles. The summed E-state index contributed by atoms with van der Waals surface area (Å²) in [5, 5.41) is 67.5. The van der Waals surface area contributed by atoms with Gasteiger partial charge in [-0.15, -0.1) is 12.8 Å². The molecule has 0 aromatic heterocycles. The summed E-state index contributed by atoms with van der Waals surface area (Å²) in [5.74, 6) is 3.46. The fourth-order valence-electron chi connectivity index (χ4n) is 13.8. The Bertz CT molecular complexity index is 1840. The van der Waals surface area contributed by atoms with Crippen molar-refractivity contribution in [3.8, 4) is 36.2 Å². The molecule has 0 amide bonds. The SMILES string of the molecule is C#C[C@]1(O)CC[C@H]2[C@@H]3CCc4cc(O)cc(C(CC(=O)O)(CC(=O)O)c5cc(O)cc6c5[C@H]5CCC7(C)[C@@H](CC[C@@]7(O)C#C)[C@@H]5CC6)c4[C@H]3CCC21C. The summed E-state index contributed by atoms with van der Waals surface area (Å²) in [5.41, 5.74) is -0.346. The monoisotopic (exact) mass is 720 g/mol. The molecule has 280 valence electrons. The van der Waals surface area contributed by atoms with Crippen LogP contribution in [-0.4, -0.2) is 53.8 Å². The largest absolute Gasteiger partial charge is 0.508 e. The second-order valence-electron chi connectivity index (χ2n) is 18.2. The molecule has 8 rings (SSSR count). The Morgan fingerprint density at radius 2 is 1.08 bits per heavy atom. The number of hydrogen-bond acceptors (Lipinski definition) is 6. The third-order valence-electron chi connectivity index (χ3n) is 16.3. The second kappa shape index (κ2) is 12.0. The minimum atomic E-state index is -1.63. The minimum absolute atomic E-state index is 0.0413. The summed E-state index contributed by atoms with van der Waals surface area (Å²) in [6.45, 7) is 4.21. The van der Waals surface area contributed by atoms with Gasteiger partial charge in [0.25, 0.3) is 0 Å². The predicted octanol–water partition coefficient (Wildman–Crippen LogP) is 6.77. The zero-order valence-electron chi connectivity index (χ0n) is 30.8. The van der Waals surface area contributed by atoms with Crippen molar-refractivity contribution in [2.45, 2.75) is 132 Å². The number of carboxylic acids is 2. The van der Waals surface area contributed by atoms with Gasteiger partial charge in [0, 0.05) is 16.2 Å². The summed E-state index contributed by atoms with van der Waals surface area (Å²) >= 11 is 0. The van der Waals surface area contributed by atoms with Gasteiger partial charge < -0.3 is 30.6 Å². The summed E-state index contributed by atoms with van der Waals surface area (Å²) in [7, 11) is 0. The smallest absolute Gasteiger partial charge is 0.304 e. The number of aliphatic hydroxyl groups is 2. The summed E-state index contributed by atoms with van der Waals surface area (Å²) < 4.78 is 0. The van der Waals surface area contributed by atoms with Crippen LogP contribution in [0.2, 0.25) is 0 Å². The topological polar surface area (TPSA) is 156 Å². The summed E-state index contributed by atoms with van der Waals surface area (Å²) in [6, 6.07) is 6.71. The first kappa shape index (κ1) is 36.0. The standard InChI is InChI=1S/C45H52O8/c1-5-44(52)17-13-33-29-9-7-25-19-27(46)21-35(39(25)31(29)11-15-41(33,44)3)43(23-37(48)49,24-38(50)51)36-22-28(47)20-26-8-10-30-32(40(26)36)12-16-42(4)34(30)14-18-45(42,53)6-2/h1-2,19-22,29-34,46-47,52-53H,7-18,23-24H2,3-4H3,(H,48,49)(H,50,51)/t29-,30-,31+,32+,33+,34+,41?,42?,44+,45+/m1/s1. The number of benzene rings is 2. The van der Waals surface area contributed by atoms with Gasteiger partial charge in [-0.05, 0) is 170 Å².